The van der Waals surface area contributed by atoms with E-state index in [2.05, 4.69) is 15.8 Å². The molecular formula is C24H21N3O5. The zero-order valence-electron chi connectivity index (χ0n) is 17.3. The number of aryl methyl sites for hydroxylation is 1. The predicted molar refractivity (Wildman–Crippen MR) is 119 cm³/mol. The fourth-order valence-corrected chi connectivity index (χ4v) is 2.93. The van der Waals surface area contributed by atoms with E-state index in [1.807, 2.05) is 31.2 Å². The topological polar surface area (TPSA) is 98.2 Å². The van der Waals surface area contributed by atoms with Crippen LogP contribution < -0.4 is 25.0 Å². The number of nitrogens with zero attached hydrogens (tertiary/aromatic N) is 1. The molecule has 1 aliphatic heterocycles. The molecule has 0 bridgehead atoms. The molecule has 8 nitrogen and oxygen atoms in total. The summed E-state index contributed by atoms with van der Waals surface area (Å²) in [5, 5.41) is 6.98. The third-order valence-electron chi connectivity index (χ3n) is 4.63. The first-order valence-corrected chi connectivity index (χ1v) is 9.92. The van der Waals surface area contributed by atoms with Gasteiger partial charge >= 0.3 is 5.97 Å². The molecule has 0 spiro atoms. The van der Waals surface area contributed by atoms with Gasteiger partial charge in [0.2, 0.25) is 6.79 Å². The number of ether oxygens (including phenoxy) is 3. The molecule has 1 amide bonds. The third-order valence-corrected chi connectivity index (χ3v) is 4.63. The van der Waals surface area contributed by atoms with Crippen LogP contribution in [-0.2, 0) is 4.79 Å². The first kappa shape index (κ1) is 20.9. The number of rotatable bonds is 7. The standard InChI is InChI=1S/C24H21N3O5/c1-16-6-9-19(10-7-16)25-14-23(28)27-26-13-18-4-2-3-5-20(18)32-24(29)17-8-11-21-22(12-17)31-15-30-21/h2-13,25H,14-15H2,1H3,(H,27,28)/b26-13-. The maximum atomic E-state index is 12.5. The molecule has 8 heteroatoms. The highest BCUT2D eigenvalue weighted by Crippen LogP contribution is 2.32. The van der Waals surface area contributed by atoms with Gasteiger partial charge in [0, 0.05) is 11.3 Å². The van der Waals surface area contributed by atoms with Gasteiger partial charge in [-0.05, 0) is 49.4 Å². The Morgan fingerprint density at radius 3 is 2.66 bits per heavy atom. The smallest absolute Gasteiger partial charge is 0.343 e. The van der Waals surface area contributed by atoms with E-state index in [1.165, 1.54) is 6.21 Å². The van der Waals surface area contributed by atoms with Gasteiger partial charge in [0.1, 0.15) is 5.75 Å². The predicted octanol–water partition coefficient (Wildman–Crippen LogP) is 3.51. The number of para-hydroxylation sites is 1. The molecule has 1 heterocycles. The van der Waals surface area contributed by atoms with Crippen LogP contribution in [0, 0.1) is 6.92 Å². The van der Waals surface area contributed by atoms with E-state index in [-0.39, 0.29) is 19.2 Å². The summed E-state index contributed by atoms with van der Waals surface area (Å²) in [6.07, 6.45) is 1.42. The van der Waals surface area contributed by atoms with Crippen LogP contribution in [0.15, 0.2) is 71.8 Å². The van der Waals surface area contributed by atoms with Crippen molar-refractivity contribution in [3.63, 3.8) is 0 Å². The van der Waals surface area contributed by atoms with Crippen molar-refractivity contribution in [3.05, 3.63) is 83.4 Å². The Labute approximate surface area is 184 Å². The molecule has 2 N–H and O–H groups in total. The van der Waals surface area contributed by atoms with Crippen molar-refractivity contribution < 1.29 is 23.8 Å². The van der Waals surface area contributed by atoms with Crippen molar-refractivity contribution in [2.45, 2.75) is 6.92 Å². The number of amides is 1. The summed E-state index contributed by atoms with van der Waals surface area (Å²) in [6, 6.07) is 19.4. The Hall–Kier alpha value is -4.33. The van der Waals surface area contributed by atoms with Gasteiger partial charge in [0.25, 0.3) is 5.91 Å². The first-order valence-electron chi connectivity index (χ1n) is 9.92. The van der Waals surface area contributed by atoms with E-state index in [9.17, 15) is 9.59 Å². The minimum absolute atomic E-state index is 0.0706. The molecule has 0 saturated carbocycles. The summed E-state index contributed by atoms with van der Waals surface area (Å²) in [6.45, 7) is 2.19. The molecule has 0 radical (unpaired) electrons. The summed E-state index contributed by atoms with van der Waals surface area (Å²) in [7, 11) is 0. The number of carbonyl (C=O) groups is 2. The average molecular weight is 431 g/mol. The molecule has 0 fully saturated rings. The number of benzene rings is 3. The van der Waals surface area contributed by atoms with Crippen LogP contribution in [0.4, 0.5) is 5.69 Å². The largest absolute Gasteiger partial charge is 0.454 e. The zero-order chi connectivity index (χ0) is 22.3. The molecule has 0 atom stereocenters. The second kappa shape index (κ2) is 9.65. The van der Waals surface area contributed by atoms with Gasteiger partial charge < -0.3 is 19.5 Å². The summed E-state index contributed by atoms with van der Waals surface area (Å²) in [5.41, 5.74) is 5.30. The van der Waals surface area contributed by atoms with Crippen molar-refractivity contribution in [3.8, 4) is 17.2 Å². The van der Waals surface area contributed by atoms with E-state index in [0.29, 0.717) is 28.4 Å². The average Bonchev–Trinajstić information content (AvgIpc) is 3.28. The van der Waals surface area contributed by atoms with Crippen LogP contribution in [0.3, 0.4) is 0 Å². The van der Waals surface area contributed by atoms with Crippen LogP contribution >= 0.6 is 0 Å². The van der Waals surface area contributed by atoms with Crippen molar-refractivity contribution in [1.82, 2.24) is 5.43 Å². The maximum Gasteiger partial charge on any atom is 0.343 e. The molecule has 3 aromatic rings. The Bertz CT molecular complexity index is 1160. The maximum absolute atomic E-state index is 12.5. The molecule has 3 aromatic carbocycles. The van der Waals surface area contributed by atoms with Crippen molar-refractivity contribution >= 4 is 23.8 Å². The molecule has 4 rings (SSSR count). The van der Waals surface area contributed by atoms with Gasteiger partial charge in [-0.1, -0.05) is 29.8 Å². The Balaban J connectivity index is 1.34. The highest BCUT2D eigenvalue weighted by atomic mass is 16.7. The monoisotopic (exact) mass is 431 g/mol. The summed E-state index contributed by atoms with van der Waals surface area (Å²) < 4.78 is 16.1. The highest BCUT2D eigenvalue weighted by molar-refractivity contribution is 5.94. The molecule has 32 heavy (non-hydrogen) atoms. The summed E-state index contributed by atoms with van der Waals surface area (Å²) >= 11 is 0. The first-order chi connectivity index (χ1) is 15.6. The van der Waals surface area contributed by atoms with Gasteiger partial charge in [0.05, 0.1) is 18.3 Å². The lowest BCUT2D eigenvalue weighted by atomic mass is 10.2. The normalized spacial score (nSPS) is 11.9. The molecule has 0 aliphatic carbocycles. The van der Waals surface area contributed by atoms with Crippen LogP contribution in [0.5, 0.6) is 17.2 Å². The molecular weight excluding hydrogens is 410 g/mol. The van der Waals surface area contributed by atoms with E-state index >= 15 is 0 Å². The van der Waals surface area contributed by atoms with Crippen molar-refractivity contribution in [1.29, 1.82) is 0 Å². The van der Waals surface area contributed by atoms with Gasteiger partial charge in [-0.15, -0.1) is 0 Å². The van der Waals surface area contributed by atoms with E-state index in [1.54, 1.807) is 42.5 Å². The SMILES string of the molecule is Cc1ccc(NCC(=O)N/N=C\c2ccccc2OC(=O)c2ccc3c(c2)OCO3)cc1. The second-order valence-electron chi connectivity index (χ2n) is 7.01. The fraction of sp³-hybridized carbons (Fsp3) is 0.125. The lowest BCUT2D eigenvalue weighted by Crippen LogP contribution is -2.25. The molecule has 1 aliphatic rings. The van der Waals surface area contributed by atoms with Gasteiger partial charge in [0.15, 0.2) is 11.5 Å². The lowest BCUT2D eigenvalue weighted by molar-refractivity contribution is -0.119. The number of hydrogen-bond acceptors (Lipinski definition) is 7. The van der Waals surface area contributed by atoms with E-state index < -0.39 is 5.97 Å². The fourth-order valence-electron chi connectivity index (χ4n) is 2.93. The zero-order valence-corrected chi connectivity index (χ0v) is 17.3. The summed E-state index contributed by atoms with van der Waals surface area (Å²) in [4.78, 5) is 24.6. The number of nitrogens with one attached hydrogen (secondary N) is 2. The van der Waals surface area contributed by atoms with Crippen LogP contribution in [0.1, 0.15) is 21.5 Å². The third kappa shape index (κ3) is 5.23. The van der Waals surface area contributed by atoms with E-state index in [0.717, 1.165) is 11.3 Å². The van der Waals surface area contributed by atoms with Crippen molar-refractivity contribution in [2.24, 2.45) is 5.10 Å². The minimum atomic E-state index is -0.546. The minimum Gasteiger partial charge on any atom is -0.454 e. The molecule has 0 unspecified atom stereocenters. The quantitative estimate of drug-likeness (QED) is 0.257. The Morgan fingerprint density at radius 1 is 1.03 bits per heavy atom. The van der Waals surface area contributed by atoms with Crippen molar-refractivity contribution in [2.75, 3.05) is 18.7 Å². The highest BCUT2D eigenvalue weighted by Gasteiger charge is 2.18. The second-order valence-corrected chi connectivity index (χ2v) is 7.01. The Morgan fingerprint density at radius 2 is 1.81 bits per heavy atom. The van der Waals surface area contributed by atoms with Crippen LogP contribution in [0.25, 0.3) is 0 Å². The molecule has 162 valence electrons. The van der Waals surface area contributed by atoms with Gasteiger partial charge in [-0.25, -0.2) is 10.2 Å². The number of esters is 1. The van der Waals surface area contributed by atoms with Crippen LogP contribution in [-0.4, -0.2) is 31.4 Å². The van der Waals surface area contributed by atoms with Gasteiger partial charge in [-0.3, -0.25) is 4.79 Å². The molecule has 0 aromatic heterocycles. The number of hydrogen-bond donors (Lipinski definition) is 2. The lowest BCUT2D eigenvalue weighted by Gasteiger charge is -2.08. The van der Waals surface area contributed by atoms with Gasteiger partial charge in [-0.2, -0.15) is 5.10 Å². The number of hydrazone groups is 1. The Kier molecular flexibility index (Phi) is 6.31. The number of anilines is 1. The number of fused-ring (bicyclic) bond motifs is 1. The molecule has 0 saturated heterocycles. The van der Waals surface area contributed by atoms with E-state index in [4.69, 9.17) is 14.2 Å². The van der Waals surface area contributed by atoms with Crippen LogP contribution in [0.2, 0.25) is 0 Å². The number of carbonyl (C=O) groups excluding carboxylic acids is 2. The summed E-state index contributed by atoms with van der Waals surface area (Å²) in [5.74, 6) is 0.538.